The first kappa shape index (κ1) is 9.18. The molecular formula is C9H10Si. The van der Waals surface area contributed by atoms with Gasteiger partial charge in [0.25, 0.3) is 0 Å². The van der Waals surface area contributed by atoms with E-state index in [9.17, 15) is 0 Å². The van der Waals surface area contributed by atoms with Crippen LogP contribution in [-0.2, 0) is 6.42 Å². The molecule has 0 saturated carbocycles. The number of hydrogen-bond donors (Lipinski definition) is 0. The third-order valence-corrected chi connectivity index (χ3v) is 1.22. The Morgan fingerprint density at radius 3 is 2.30 bits per heavy atom. The summed E-state index contributed by atoms with van der Waals surface area (Å²) in [6, 6.07) is 10.3. The second-order valence-electron chi connectivity index (χ2n) is 1.98. The number of rotatable bonds is 2. The highest BCUT2D eigenvalue weighted by molar-refractivity contribution is 5.75. The predicted molar refractivity (Wildman–Crippen MR) is 46.1 cm³/mol. The molecule has 1 aromatic rings. The molecule has 0 aromatic heterocycles. The van der Waals surface area contributed by atoms with Gasteiger partial charge in [0.2, 0.25) is 0 Å². The van der Waals surface area contributed by atoms with Crippen LogP contribution in [0.15, 0.2) is 43.0 Å². The molecule has 0 bridgehead atoms. The third-order valence-electron chi connectivity index (χ3n) is 1.22. The molecule has 0 aliphatic rings. The van der Waals surface area contributed by atoms with Gasteiger partial charge in [-0.2, -0.15) is 0 Å². The fourth-order valence-corrected chi connectivity index (χ4v) is 0.781. The lowest BCUT2D eigenvalue weighted by molar-refractivity contribution is 1.28. The molecule has 4 radical (unpaired) electrons. The molecule has 0 aliphatic carbocycles. The van der Waals surface area contributed by atoms with E-state index in [2.05, 4.69) is 18.7 Å². The SMILES string of the molecule is C=CCc1ccccc1.[Si]. The van der Waals surface area contributed by atoms with Crippen LogP contribution in [0.25, 0.3) is 0 Å². The zero-order valence-electron chi connectivity index (χ0n) is 5.88. The van der Waals surface area contributed by atoms with E-state index in [0.29, 0.717) is 0 Å². The van der Waals surface area contributed by atoms with Crippen LogP contribution in [0.3, 0.4) is 0 Å². The standard InChI is InChI=1S/C9H10.Si/c1-2-6-9-7-4-3-5-8-9;/h2-5,7-8H,1,6H2;. The van der Waals surface area contributed by atoms with Crippen molar-refractivity contribution in [2.75, 3.05) is 0 Å². The molecule has 0 amide bonds. The summed E-state index contributed by atoms with van der Waals surface area (Å²) >= 11 is 0. The lowest BCUT2D eigenvalue weighted by atomic mass is 10.2. The van der Waals surface area contributed by atoms with Crippen molar-refractivity contribution in [2.45, 2.75) is 6.42 Å². The summed E-state index contributed by atoms with van der Waals surface area (Å²) in [6.45, 7) is 3.66. The first-order valence-corrected chi connectivity index (χ1v) is 3.08. The molecule has 1 aromatic carbocycles. The van der Waals surface area contributed by atoms with Gasteiger partial charge in [-0.05, 0) is 12.0 Å². The topological polar surface area (TPSA) is 0 Å². The van der Waals surface area contributed by atoms with Gasteiger partial charge in [0.05, 0.1) is 0 Å². The highest BCUT2D eigenvalue weighted by Gasteiger charge is 1.82. The average molecular weight is 146 g/mol. The first-order valence-electron chi connectivity index (χ1n) is 3.08. The quantitative estimate of drug-likeness (QED) is 0.442. The highest BCUT2D eigenvalue weighted by Crippen LogP contribution is 1.98. The summed E-state index contributed by atoms with van der Waals surface area (Å²) in [5, 5.41) is 0. The van der Waals surface area contributed by atoms with Gasteiger partial charge >= 0.3 is 0 Å². The predicted octanol–water partition coefficient (Wildman–Crippen LogP) is 2.03. The molecule has 0 N–H and O–H groups in total. The Bertz CT molecular complexity index is 179. The van der Waals surface area contributed by atoms with Gasteiger partial charge < -0.3 is 0 Å². The maximum atomic E-state index is 3.66. The Hall–Kier alpha value is -0.823. The molecule has 0 fully saturated rings. The smallest absolute Gasteiger partial charge is 0 e. The second-order valence-corrected chi connectivity index (χ2v) is 1.98. The van der Waals surface area contributed by atoms with Gasteiger partial charge in [-0.25, -0.2) is 0 Å². The molecule has 0 atom stereocenters. The van der Waals surface area contributed by atoms with Crippen LogP contribution in [0, 0.1) is 0 Å². The van der Waals surface area contributed by atoms with E-state index in [4.69, 9.17) is 0 Å². The van der Waals surface area contributed by atoms with Crippen LogP contribution < -0.4 is 0 Å². The summed E-state index contributed by atoms with van der Waals surface area (Å²) < 4.78 is 0. The van der Waals surface area contributed by atoms with Gasteiger partial charge in [0.1, 0.15) is 0 Å². The molecule has 0 nitrogen and oxygen atoms in total. The molecule has 0 unspecified atom stereocenters. The maximum absolute atomic E-state index is 3.66. The van der Waals surface area contributed by atoms with Crippen molar-refractivity contribution in [3.63, 3.8) is 0 Å². The lowest BCUT2D eigenvalue weighted by Crippen LogP contribution is -1.75. The minimum atomic E-state index is 0. The zero-order valence-corrected chi connectivity index (χ0v) is 6.88. The maximum Gasteiger partial charge on any atom is 0 e. The van der Waals surface area contributed by atoms with Crippen molar-refractivity contribution in [3.8, 4) is 0 Å². The van der Waals surface area contributed by atoms with Crippen LogP contribution in [0.1, 0.15) is 5.56 Å². The van der Waals surface area contributed by atoms with Crippen molar-refractivity contribution in [2.24, 2.45) is 0 Å². The molecule has 0 heterocycles. The van der Waals surface area contributed by atoms with E-state index in [0.717, 1.165) is 6.42 Å². The Balaban J connectivity index is 0.000000810. The second kappa shape index (κ2) is 5.00. The zero-order chi connectivity index (χ0) is 6.53. The largest absolute Gasteiger partial charge is 0.103 e. The minimum Gasteiger partial charge on any atom is -0.103 e. The van der Waals surface area contributed by atoms with Crippen LogP contribution in [0.5, 0.6) is 0 Å². The molecular weight excluding hydrogens is 136 g/mol. The Kier molecular flexibility index (Phi) is 4.59. The summed E-state index contributed by atoms with van der Waals surface area (Å²) in [5.41, 5.74) is 1.33. The Morgan fingerprint density at radius 2 is 1.80 bits per heavy atom. The summed E-state index contributed by atoms with van der Waals surface area (Å²) in [4.78, 5) is 0. The van der Waals surface area contributed by atoms with Crippen LogP contribution >= 0.6 is 0 Å². The first-order chi connectivity index (χ1) is 4.43. The van der Waals surface area contributed by atoms with Crippen molar-refractivity contribution < 1.29 is 0 Å². The van der Waals surface area contributed by atoms with Gasteiger partial charge in [0.15, 0.2) is 0 Å². The monoisotopic (exact) mass is 146 g/mol. The van der Waals surface area contributed by atoms with Crippen LogP contribution in [-0.4, -0.2) is 11.0 Å². The lowest BCUT2D eigenvalue weighted by Gasteiger charge is -1.91. The number of allylic oxidation sites excluding steroid dienone is 1. The Labute approximate surface area is 66.6 Å². The van der Waals surface area contributed by atoms with Gasteiger partial charge in [-0.3, -0.25) is 0 Å². The van der Waals surface area contributed by atoms with Crippen molar-refractivity contribution in [3.05, 3.63) is 48.6 Å². The summed E-state index contributed by atoms with van der Waals surface area (Å²) in [7, 11) is 0. The molecule has 1 rings (SSSR count). The van der Waals surface area contributed by atoms with Gasteiger partial charge in [-0.15, -0.1) is 6.58 Å². The highest BCUT2D eigenvalue weighted by atomic mass is 28.1. The fraction of sp³-hybridized carbons (Fsp3) is 0.111. The molecule has 0 saturated heterocycles. The average Bonchev–Trinajstić information content (AvgIpc) is 1.91. The van der Waals surface area contributed by atoms with Gasteiger partial charge in [0, 0.05) is 11.0 Å². The molecule has 1 heteroatoms. The fourth-order valence-electron chi connectivity index (χ4n) is 0.781. The van der Waals surface area contributed by atoms with Crippen molar-refractivity contribution in [1.29, 1.82) is 0 Å². The van der Waals surface area contributed by atoms with E-state index in [1.807, 2.05) is 24.3 Å². The molecule has 50 valence electrons. The number of benzene rings is 1. The van der Waals surface area contributed by atoms with Crippen molar-refractivity contribution >= 4 is 11.0 Å². The van der Waals surface area contributed by atoms with E-state index >= 15 is 0 Å². The van der Waals surface area contributed by atoms with Gasteiger partial charge in [-0.1, -0.05) is 36.4 Å². The molecule has 0 aliphatic heterocycles. The summed E-state index contributed by atoms with van der Waals surface area (Å²) in [5.74, 6) is 0. The Morgan fingerprint density at radius 1 is 1.20 bits per heavy atom. The van der Waals surface area contributed by atoms with Crippen LogP contribution in [0.2, 0.25) is 0 Å². The molecule has 0 spiro atoms. The van der Waals surface area contributed by atoms with E-state index in [1.165, 1.54) is 5.56 Å². The van der Waals surface area contributed by atoms with E-state index in [1.54, 1.807) is 0 Å². The van der Waals surface area contributed by atoms with E-state index in [-0.39, 0.29) is 11.0 Å². The van der Waals surface area contributed by atoms with E-state index < -0.39 is 0 Å². The van der Waals surface area contributed by atoms with Crippen LogP contribution in [0.4, 0.5) is 0 Å². The summed E-state index contributed by atoms with van der Waals surface area (Å²) in [6.07, 6.45) is 2.89. The van der Waals surface area contributed by atoms with Crippen molar-refractivity contribution in [1.82, 2.24) is 0 Å². The third kappa shape index (κ3) is 2.64. The minimum absolute atomic E-state index is 0. The normalized spacial score (nSPS) is 8.00. The molecule has 10 heavy (non-hydrogen) atoms. The number of hydrogen-bond acceptors (Lipinski definition) is 0.